The van der Waals surface area contributed by atoms with Crippen LogP contribution >= 0.6 is 0 Å². The van der Waals surface area contributed by atoms with Crippen LogP contribution in [-0.2, 0) is 11.8 Å². The number of aryl methyl sites for hydroxylation is 1. The summed E-state index contributed by atoms with van der Waals surface area (Å²) in [5.74, 6) is 0.661. The Morgan fingerprint density at radius 3 is 3.00 bits per heavy atom. The van der Waals surface area contributed by atoms with Crippen molar-refractivity contribution in [1.29, 1.82) is 0 Å². The Balaban J connectivity index is 1.78. The first-order chi connectivity index (χ1) is 9.15. The van der Waals surface area contributed by atoms with Gasteiger partial charge in [0.1, 0.15) is 11.6 Å². The molecule has 1 amide bonds. The van der Waals surface area contributed by atoms with E-state index in [1.807, 2.05) is 24.6 Å². The van der Waals surface area contributed by atoms with E-state index in [1.54, 1.807) is 12.5 Å². The molecule has 19 heavy (non-hydrogen) atoms. The second kappa shape index (κ2) is 4.53. The minimum Gasteiger partial charge on any atom is -0.357 e. The average molecular weight is 259 g/mol. The van der Waals surface area contributed by atoms with Crippen molar-refractivity contribution in [3.63, 3.8) is 0 Å². The van der Waals surface area contributed by atoms with Gasteiger partial charge in [0.25, 0.3) is 0 Å². The number of pyridine rings is 1. The Bertz CT molecular complexity index is 617. The zero-order chi connectivity index (χ0) is 13.4. The quantitative estimate of drug-likeness (QED) is 0.861. The summed E-state index contributed by atoms with van der Waals surface area (Å²) in [6.45, 7) is 1.83. The van der Waals surface area contributed by atoms with E-state index >= 15 is 0 Å². The van der Waals surface area contributed by atoms with Gasteiger partial charge in [0, 0.05) is 19.3 Å². The number of carbonyl (C=O) groups excluding carboxylic acids is 1. The molecule has 2 aromatic rings. The van der Waals surface area contributed by atoms with Crippen LogP contribution in [0.25, 0.3) is 11.0 Å². The van der Waals surface area contributed by atoms with Crippen molar-refractivity contribution in [3.05, 3.63) is 18.6 Å². The SMILES string of the molecule is CC(Nc1nccc2c1ncn2C)C(=O)NC1CC1. The number of fused-ring (bicyclic) bond motifs is 1. The zero-order valence-electron chi connectivity index (χ0n) is 11.1. The fourth-order valence-corrected chi connectivity index (χ4v) is 1.99. The Kier molecular flexibility index (Phi) is 2.85. The van der Waals surface area contributed by atoms with Gasteiger partial charge in [-0.1, -0.05) is 0 Å². The van der Waals surface area contributed by atoms with Gasteiger partial charge in [-0.25, -0.2) is 9.97 Å². The molecule has 6 heteroatoms. The average Bonchev–Trinajstić information content (AvgIpc) is 3.13. The number of amides is 1. The smallest absolute Gasteiger partial charge is 0.242 e. The lowest BCUT2D eigenvalue weighted by atomic mass is 10.3. The normalized spacial score (nSPS) is 16.3. The number of hydrogen-bond acceptors (Lipinski definition) is 4. The van der Waals surface area contributed by atoms with Crippen LogP contribution < -0.4 is 10.6 Å². The third-order valence-electron chi connectivity index (χ3n) is 3.31. The van der Waals surface area contributed by atoms with Crippen molar-refractivity contribution in [1.82, 2.24) is 19.9 Å². The highest BCUT2D eigenvalue weighted by Gasteiger charge is 2.26. The summed E-state index contributed by atoms with van der Waals surface area (Å²) in [5, 5.41) is 6.10. The molecule has 1 fully saturated rings. The molecule has 0 spiro atoms. The van der Waals surface area contributed by atoms with Crippen LogP contribution in [0.2, 0.25) is 0 Å². The molecule has 2 aromatic heterocycles. The largest absolute Gasteiger partial charge is 0.357 e. The molecule has 1 aliphatic rings. The monoisotopic (exact) mass is 259 g/mol. The minimum absolute atomic E-state index is 0.0113. The van der Waals surface area contributed by atoms with E-state index in [-0.39, 0.29) is 11.9 Å². The van der Waals surface area contributed by atoms with Gasteiger partial charge in [-0.05, 0) is 25.8 Å². The van der Waals surface area contributed by atoms with Gasteiger partial charge in [0.05, 0.1) is 11.8 Å². The molecule has 0 bridgehead atoms. The standard InChI is InChI=1S/C13H17N5O/c1-8(13(19)17-9-3-4-9)16-12-11-10(5-6-14-12)18(2)7-15-11/h5-9H,3-4H2,1-2H3,(H,14,16)(H,17,19). The van der Waals surface area contributed by atoms with E-state index < -0.39 is 0 Å². The fraction of sp³-hybridized carbons (Fsp3) is 0.462. The summed E-state index contributed by atoms with van der Waals surface area (Å²) >= 11 is 0. The maximum Gasteiger partial charge on any atom is 0.242 e. The summed E-state index contributed by atoms with van der Waals surface area (Å²) in [6.07, 6.45) is 5.64. The van der Waals surface area contributed by atoms with Gasteiger partial charge >= 0.3 is 0 Å². The van der Waals surface area contributed by atoms with Gasteiger partial charge < -0.3 is 15.2 Å². The topological polar surface area (TPSA) is 71.8 Å². The van der Waals surface area contributed by atoms with Crippen molar-refractivity contribution in [3.8, 4) is 0 Å². The number of nitrogens with zero attached hydrogens (tertiary/aromatic N) is 3. The van der Waals surface area contributed by atoms with E-state index in [2.05, 4.69) is 20.6 Å². The highest BCUT2D eigenvalue weighted by Crippen LogP contribution is 2.21. The highest BCUT2D eigenvalue weighted by molar-refractivity contribution is 5.90. The Morgan fingerprint density at radius 1 is 1.47 bits per heavy atom. The highest BCUT2D eigenvalue weighted by atomic mass is 16.2. The summed E-state index contributed by atoms with van der Waals surface area (Å²) in [4.78, 5) is 20.5. The summed E-state index contributed by atoms with van der Waals surface area (Å²) < 4.78 is 1.93. The van der Waals surface area contributed by atoms with Crippen molar-refractivity contribution in [2.24, 2.45) is 7.05 Å². The molecule has 1 unspecified atom stereocenters. The number of aromatic nitrogens is 3. The molecular formula is C13H17N5O. The van der Waals surface area contributed by atoms with Crippen LogP contribution in [0.4, 0.5) is 5.82 Å². The molecule has 0 radical (unpaired) electrons. The Morgan fingerprint density at radius 2 is 2.26 bits per heavy atom. The summed E-state index contributed by atoms with van der Waals surface area (Å²) in [7, 11) is 1.93. The van der Waals surface area contributed by atoms with Crippen molar-refractivity contribution in [2.75, 3.05) is 5.32 Å². The van der Waals surface area contributed by atoms with Gasteiger partial charge in [-0.2, -0.15) is 0 Å². The number of anilines is 1. The van der Waals surface area contributed by atoms with Gasteiger partial charge in [0.2, 0.25) is 5.91 Å². The molecule has 0 saturated heterocycles. The van der Waals surface area contributed by atoms with Crippen molar-refractivity contribution < 1.29 is 4.79 Å². The van der Waals surface area contributed by atoms with Gasteiger partial charge in [-0.3, -0.25) is 4.79 Å². The lowest BCUT2D eigenvalue weighted by molar-refractivity contribution is -0.121. The molecule has 1 atom stereocenters. The first-order valence-corrected chi connectivity index (χ1v) is 6.48. The molecule has 100 valence electrons. The molecule has 0 aliphatic heterocycles. The second-order valence-electron chi connectivity index (χ2n) is 5.03. The van der Waals surface area contributed by atoms with E-state index in [1.165, 1.54) is 0 Å². The Hall–Kier alpha value is -2.11. The van der Waals surface area contributed by atoms with E-state index in [4.69, 9.17) is 0 Å². The lowest BCUT2D eigenvalue weighted by Crippen LogP contribution is -2.38. The molecule has 2 heterocycles. The maximum atomic E-state index is 11.9. The lowest BCUT2D eigenvalue weighted by Gasteiger charge is -2.14. The third-order valence-corrected chi connectivity index (χ3v) is 3.31. The predicted molar refractivity (Wildman–Crippen MR) is 72.8 cm³/mol. The second-order valence-corrected chi connectivity index (χ2v) is 5.03. The molecular weight excluding hydrogens is 242 g/mol. The number of rotatable bonds is 4. The molecule has 1 aliphatic carbocycles. The maximum absolute atomic E-state index is 11.9. The van der Waals surface area contributed by atoms with Crippen LogP contribution in [0.3, 0.4) is 0 Å². The third kappa shape index (κ3) is 2.38. The number of hydrogen-bond donors (Lipinski definition) is 2. The van der Waals surface area contributed by atoms with Crippen LogP contribution in [0.15, 0.2) is 18.6 Å². The number of carbonyl (C=O) groups is 1. The molecule has 2 N–H and O–H groups in total. The Labute approximate surface area is 111 Å². The van der Waals surface area contributed by atoms with E-state index in [9.17, 15) is 4.79 Å². The number of imidazole rings is 1. The summed E-state index contributed by atoms with van der Waals surface area (Å²) in [5.41, 5.74) is 1.78. The van der Waals surface area contributed by atoms with Crippen LogP contribution in [0.5, 0.6) is 0 Å². The summed E-state index contributed by atoms with van der Waals surface area (Å²) in [6, 6.07) is 1.96. The van der Waals surface area contributed by atoms with Crippen LogP contribution in [0.1, 0.15) is 19.8 Å². The first kappa shape index (κ1) is 12.0. The van der Waals surface area contributed by atoms with Crippen molar-refractivity contribution in [2.45, 2.75) is 31.8 Å². The fourth-order valence-electron chi connectivity index (χ4n) is 1.99. The van der Waals surface area contributed by atoms with Crippen LogP contribution in [0, 0.1) is 0 Å². The molecule has 0 aromatic carbocycles. The predicted octanol–water partition coefficient (Wildman–Crippen LogP) is 1.05. The molecule has 1 saturated carbocycles. The van der Waals surface area contributed by atoms with E-state index in [0.29, 0.717) is 11.9 Å². The van der Waals surface area contributed by atoms with E-state index in [0.717, 1.165) is 23.9 Å². The van der Waals surface area contributed by atoms with Gasteiger partial charge in [0.15, 0.2) is 5.82 Å². The number of nitrogens with one attached hydrogen (secondary N) is 2. The zero-order valence-corrected chi connectivity index (χ0v) is 11.1. The minimum atomic E-state index is -0.319. The molecule has 3 rings (SSSR count). The van der Waals surface area contributed by atoms with Crippen LogP contribution in [-0.4, -0.2) is 32.5 Å². The van der Waals surface area contributed by atoms with Crippen molar-refractivity contribution >= 4 is 22.8 Å². The van der Waals surface area contributed by atoms with Gasteiger partial charge in [-0.15, -0.1) is 0 Å². The first-order valence-electron chi connectivity index (χ1n) is 6.48. The molecule has 6 nitrogen and oxygen atoms in total.